The normalized spacial score (nSPS) is 12.1. The average Bonchev–Trinajstić information content (AvgIpc) is 2.22. The van der Waals surface area contributed by atoms with Crippen molar-refractivity contribution in [2.24, 2.45) is 0 Å². The molecule has 0 saturated heterocycles. The minimum Gasteiger partial charge on any atom is -0.450 e. The van der Waals surface area contributed by atoms with Gasteiger partial charge in [0.05, 0.1) is 9.86 Å². The molecule has 90 valence electrons. The van der Waals surface area contributed by atoms with Crippen LogP contribution in [0.2, 0.25) is 0 Å². The summed E-state index contributed by atoms with van der Waals surface area (Å²) in [5.74, 6) is -1.29. The van der Waals surface area contributed by atoms with Crippen LogP contribution in [0.1, 0.15) is 11.3 Å². The summed E-state index contributed by atoms with van der Waals surface area (Å²) < 4.78 is 42.5. The molecule has 17 heavy (non-hydrogen) atoms. The molecule has 2 nitrogen and oxygen atoms in total. The van der Waals surface area contributed by atoms with Crippen LogP contribution in [0.5, 0.6) is 0 Å². The minimum atomic E-state index is -4.67. The monoisotopic (exact) mass is 306 g/mol. The molecule has 0 atom stereocenters. The molecule has 0 bridgehead atoms. The molecule has 0 saturated carbocycles. The summed E-state index contributed by atoms with van der Waals surface area (Å²) in [6.07, 6.45) is -4.67. The molecule has 0 unspecified atom stereocenters. The first-order valence-electron chi connectivity index (χ1n) is 4.61. The van der Waals surface area contributed by atoms with Crippen LogP contribution in [0.15, 0.2) is 31.9 Å². The van der Waals surface area contributed by atoms with Crippen molar-refractivity contribution in [1.82, 2.24) is 0 Å². The molecular weight excluding hydrogens is 301 g/mol. The number of alkyl halides is 3. The lowest BCUT2D eigenvalue weighted by Gasteiger charge is -2.08. The van der Waals surface area contributed by atoms with Crippen molar-refractivity contribution in [2.45, 2.75) is 13.1 Å². The SMILES string of the molecule is Cc1ccc2c(=O)cc(C(F)(F)F)oc2c1Br. The van der Waals surface area contributed by atoms with Gasteiger partial charge in [0.15, 0.2) is 11.0 Å². The van der Waals surface area contributed by atoms with Crippen molar-refractivity contribution < 1.29 is 17.6 Å². The third-order valence-corrected chi connectivity index (χ3v) is 3.29. The summed E-state index contributed by atoms with van der Waals surface area (Å²) in [6.45, 7) is 1.70. The van der Waals surface area contributed by atoms with Gasteiger partial charge in [-0.05, 0) is 34.5 Å². The Morgan fingerprint density at radius 2 is 1.94 bits per heavy atom. The Labute approximate surface area is 102 Å². The Kier molecular flexibility index (Phi) is 2.77. The molecule has 2 aromatic rings. The molecule has 0 radical (unpaired) electrons. The second-order valence-corrected chi connectivity index (χ2v) is 4.34. The summed E-state index contributed by atoms with van der Waals surface area (Å²) in [5.41, 5.74) is -0.0934. The van der Waals surface area contributed by atoms with Crippen LogP contribution in [0.4, 0.5) is 13.2 Å². The Hall–Kier alpha value is -1.30. The summed E-state index contributed by atoms with van der Waals surface area (Å²) in [7, 11) is 0. The molecule has 0 aliphatic heterocycles. The molecule has 6 heteroatoms. The quantitative estimate of drug-likeness (QED) is 0.739. The Morgan fingerprint density at radius 1 is 1.29 bits per heavy atom. The maximum Gasteiger partial charge on any atom is 0.449 e. The van der Waals surface area contributed by atoms with Gasteiger partial charge in [-0.25, -0.2) is 0 Å². The Bertz CT molecular complexity index is 643. The van der Waals surface area contributed by atoms with Gasteiger partial charge in [0, 0.05) is 6.07 Å². The van der Waals surface area contributed by atoms with Crippen molar-refractivity contribution in [3.05, 3.63) is 44.2 Å². The van der Waals surface area contributed by atoms with E-state index in [1.807, 2.05) is 0 Å². The van der Waals surface area contributed by atoms with E-state index in [1.54, 1.807) is 13.0 Å². The van der Waals surface area contributed by atoms with Crippen molar-refractivity contribution in [3.63, 3.8) is 0 Å². The zero-order valence-electron chi connectivity index (χ0n) is 8.56. The standard InChI is InChI=1S/C11H6BrF3O2/c1-5-2-3-6-7(16)4-8(11(13,14)15)17-10(6)9(5)12/h2-4H,1H3. The minimum absolute atomic E-state index is 0.0789. The van der Waals surface area contributed by atoms with E-state index < -0.39 is 17.4 Å². The number of aryl methyl sites for hydroxylation is 1. The van der Waals surface area contributed by atoms with Crippen molar-refractivity contribution in [2.75, 3.05) is 0 Å². The lowest BCUT2D eigenvalue weighted by atomic mass is 10.1. The molecule has 1 aromatic heterocycles. The number of halogens is 4. The van der Waals surface area contributed by atoms with Gasteiger partial charge in [-0.2, -0.15) is 13.2 Å². The number of hydrogen-bond donors (Lipinski definition) is 0. The maximum absolute atomic E-state index is 12.5. The zero-order valence-corrected chi connectivity index (χ0v) is 10.1. The fourth-order valence-electron chi connectivity index (χ4n) is 1.42. The summed E-state index contributed by atoms with van der Waals surface area (Å²) >= 11 is 3.12. The molecule has 2 rings (SSSR count). The first-order chi connectivity index (χ1) is 7.80. The van der Waals surface area contributed by atoms with Crippen LogP contribution in [0.25, 0.3) is 11.0 Å². The topological polar surface area (TPSA) is 30.2 Å². The lowest BCUT2D eigenvalue weighted by Crippen LogP contribution is -2.11. The average molecular weight is 307 g/mol. The highest BCUT2D eigenvalue weighted by molar-refractivity contribution is 9.10. The first kappa shape index (κ1) is 12.2. The van der Waals surface area contributed by atoms with Gasteiger partial charge in [-0.1, -0.05) is 6.07 Å². The third kappa shape index (κ3) is 2.09. The number of hydrogen-bond acceptors (Lipinski definition) is 2. The van der Waals surface area contributed by atoms with Crippen LogP contribution in [0.3, 0.4) is 0 Å². The van der Waals surface area contributed by atoms with E-state index in [-0.39, 0.29) is 11.0 Å². The second kappa shape index (κ2) is 3.87. The predicted molar refractivity (Wildman–Crippen MR) is 59.9 cm³/mol. The van der Waals surface area contributed by atoms with Gasteiger partial charge in [-0.3, -0.25) is 4.79 Å². The van der Waals surface area contributed by atoms with Crippen molar-refractivity contribution in [3.8, 4) is 0 Å². The first-order valence-corrected chi connectivity index (χ1v) is 5.40. The zero-order chi connectivity index (χ0) is 12.8. The van der Waals surface area contributed by atoms with Crippen LogP contribution in [0, 0.1) is 6.92 Å². The summed E-state index contributed by atoms with van der Waals surface area (Å²) in [5, 5.41) is 0.121. The van der Waals surface area contributed by atoms with E-state index in [2.05, 4.69) is 15.9 Å². The predicted octanol–water partition coefficient (Wildman–Crippen LogP) is 3.88. The highest BCUT2D eigenvalue weighted by atomic mass is 79.9. The number of rotatable bonds is 0. The Balaban J connectivity index is 2.89. The smallest absolute Gasteiger partial charge is 0.449 e. The molecule has 0 amide bonds. The summed E-state index contributed by atoms with van der Waals surface area (Å²) in [4.78, 5) is 11.5. The molecule has 1 heterocycles. The van der Waals surface area contributed by atoms with Gasteiger partial charge >= 0.3 is 6.18 Å². The van der Waals surface area contributed by atoms with Crippen molar-refractivity contribution in [1.29, 1.82) is 0 Å². The molecule has 0 N–H and O–H groups in total. The van der Waals surface area contributed by atoms with Gasteiger partial charge in [0.25, 0.3) is 0 Å². The van der Waals surface area contributed by atoms with Crippen LogP contribution < -0.4 is 5.43 Å². The van der Waals surface area contributed by atoms with E-state index in [0.29, 0.717) is 16.1 Å². The molecule has 0 aliphatic carbocycles. The van der Waals surface area contributed by atoms with Gasteiger partial charge < -0.3 is 4.42 Å². The Morgan fingerprint density at radius 3 is 2.53 bits per heavy atom. The second-order valence-electron chi connectivity index (χ2n) is 3.55. The highest BCUT2D eigenvalue weighted by Gasteiger charge is 2.35. The van der Waals surface area contributed by atoms with Crippen LogP contribution in [-0.4, -0.2) is 0 Å². The van der Waals surface area contributed by atoms with Gasteiger partial charge in [-0.15, -0.1) is 0 Å². The molecule has 0 fully saturated rings. The van der Waals surface area contributed by atoms with Gasteiger partial charge in [0.1, 0.15) is 0 Å². The summed E-state index contributed by atoms with van der Waals surface area (Å²) in [6, 6.07) is 3.54. The van der Waals surface area contributed by atoms with E-state index in [1.165, 1.54) is 6.07 Å². The molecule has 1 aromatic carbocycles. The van der Waals surface area contributed by atoms with E-state index in [4.69, 9.17) is 4.42 Å². The van der Waals surface area contributed by atoms with E-state index >= 15 is 0 Å². The van der Waals surface area contributed by atoms with Crippen LogP contribution in [-0.2, 0) is 6.18 Å². The molecule has 0 spiro atoms. The molecule has 0 aliphatic rings. The largest absolute Gasteiger partial charge is 0.450 e. The molecular formula is C11H6BrF3O2. The van der Waals surface area contributed by atoms with E-state index in [0.717, 1.165) is 0 Å². The number of benzene rings is 1. The fraction of sp³-hybridized carbons (Fsp3) is 0.182. The maximum atomic E-state index is 12.5. The van der Waals surface area contributed by atoms with Crippen molar-refractivity contribution >= 4 is 26.9 Å². The van der Waals surface area contributed by atoms with Gasteiger partial charge in [0.2, 0.25) is 5.76 Å². The fourth-order valence-corrected chi connectivity index (χ4v) is 1.85. The lowest BCUT2D eigenvalue weighted by molar-refractivity contribution is -0.152. The van der Waals surface area contributed by atoms with Crippen LogP contribution >= 0.6 is 15.9 Å². The number of fused-ring (bicyclic) bond motifs is 1. The highest BCUT2D eigenvalue weighted by Crippen LogP contribution is 2.33. The van der Waals surface area contributed by atoms with E-state index in [9.17, 15) is 18.0 Å². The third-order valence-electron chi connectivity index (χ3n) is 2.31.